The van der Waals surface area contributed by atoms with Crippen molar-refractivity contribution >= 4 is 28.9 Å². The molecule has 4 rings (SSSR count). The van der Waals surface area contributed by atoms with Gasteiger partial charge in [0.05, 0.1) is 23.9 Å². The van der Waals surface area contributed by atoms with E-state index in [1.165, 1.54) is 6.07 Å². The quantitative estimate of drug-likeness (QED) is 0.349. The molecule has 1 fully saturated rings. The number of benzene rings is 1. The summed E-state index contributed by atoms with van der Waals surface area (Å²) in [6, 6.07) is 2.98. The van der Waals surface area contributed by atoms with Crippen LogP contribution in [0.2, 0.25) is 5.28 Å². The van der Waals surface area contributed by atoms with Gasteiger partial charge in [-0.1, -0.05) is 0 Å². The van der Waals surface area contributed by atoms with Crippen LogP contribution < -0.4 is 11.1 Å². The van der Waals surface area contributed by atoms with Gasteiger partial charge in [-0.25, -0.2) is 9.97 Å². The highest BCUT2D eigenvalue weighted by atomic mass is 35.5. The van der Waals surface area contributed by atoms with Crippen molar-refractivity contribution in [1.82, 2.24) is 9.97 Å². The molecule has 7 nitrogen and oxygen atoms in total. The molecule has 0 amide bonds. The average Bonchev–Trinajstić information content (AvgIpc) is 3.47. The van der Waals surface area contributed by atoms with E-state index in [2.05, 4.69) is 15.3 Å². The summed E-state index contributed by atoms with van der Waals surface area (Å²) in [5.41, 5.74) is 7.00. The van der Waals surface area contributed by atoms with E-state index < -0.39 is 23.9 Å². The maximum Gasteiger partial charge on any atom is 0.416 e. The molecular weight excluding hydrogens is 497 g/mol. The molecule has 1 aromatic carbocycles. The van der Waals surface area contributed by atoms with Gasteiger partial charge in [0.2, 0.25) is 5.28 Å². The Bertz CT molecular complexity index is 1110. The molecule has 2 heterocycles. The summed E-state index contributed by atoms with van der Waals surface area (Å²) in [5, 5.41) is 3.26. The monoisotopic (exact) mass is 526 g/mol. The first-order chi connectivity index (χ1) is 17.0. The first-order valence-electron chi connectivity index (χ1n) is 12.0. The van der Waals surface area contributed by atoms with Gasteiger partial charge >= 0.3 is 6.18 Å². The SMILES string of the molecule is COC(C(=O)CCC1Cc2nc(Cl)nc(N[C@H](C)c3cc(N)cc(C(F)(F)F)c3)c2C1)C1CCOC1. The van der Waals surface area contributed by atoms with Crippen LogP contribution in [0.25, 0.3) is 0 Å². The fourth-order valence-electron chi connectivity index (χ4n) is 5.09. The Kier molecular flexibility index (Phi) is 8.06. The number of Topliss-reactive ketones (excluding diaryl/α,β-unsaturated/α-hetero) is 1. The van der Waals surface area contributed by atoms with E-state index in [1.54, 1.807) is 14.0 Å². The molecule has 1 saturated heterocycles. The summed E-state index contributed by atoms with van der Waals surface area (Å²) < 4.78 is 50.6. The van der Waals surface area contributed by atoms with Gasteiger partial charge in [-0.15, -0.1) is 0 Å². The highest BCUT2D eigenvalue weighted by Gasteiger charge is 2.34. The van der Waals surface area contributed by atoms with Gasteiger partial charge in [0.15, 0.2) is 5.78 Å². The molecule has 2 aliphatic rings. The number of hydrogen-bond acceptors (Lipinski definition) is 7. The lowest BCUT2D eigenvalue weighted by Crippen LogP contribution is -2.32. The van der Waals surface area contributed by atoms with Gasteiger partial charge in [-0.05, 0) is 73.9 Å². The third kappa shape index (κ3) is 6.10. The average molecular weight is 527 g/mol. The fourth-order valence-corrected chi connectivity index (χ4v) is 5.27. The topological polar surface area (TPSA) is 99.4 Å². The number of nitrogens with two attached hydrogens (primary N) is 1. The fraction of sp³-hybridized carbons (Fsp3) is 0.560. The highest BCUT2D eigenvalue weighted by Crippen LogP contribution is 2.37. The van der Waals surface area contributed by atoms with E-state index in [0.717, 1.165) is 29.8 Å². The number of alkyl halides is 3. The molecule has 3 N–H and O–H groups in total. The van der Waals surface area contributed by atoms with Crippen molar-refractivity contribution in [3.63, 3.8) is 0 Å². The second kappa shape index (κ2) is 10.9. The number of anilines is 2. The standard InChI is InChI=1S/C25H30ClF3N4O3/c1-13(16-9-17(25(27,28)29)11-18(30)10-16)31-23-19-7-14(8-20(19)32-24(26)33-23)3-4-21(34)22(35-2)15-5-6-36-12-15/h9-11,13-15,22H,3-8,12,30H2,1-2H3,(H,31,32,33)/t13-,14?,15?,22?/m1/s1. The minimum Gasteiger partial charge on any atom is -0.399 e. The molecule has 1 aromatic heterocycles. The number of rotatable bonds is 9. The number of nitrogen functional groups attached to an aromatic ring is 1. The Morgan fingerprint density at radius 1 is 1.31 bits per heavy atom. The van der Waals surface area contributed by atoms with Crippen LogP contribution in [0.3, 0.4) is 0 Å². The predicted octanol–water partition coefficient (Wildman–Crippen LogP) is 5.02. The summed E-state index contributed by atoms with van der Waals surface area (Å²) in [5.74, 6) is 0.826. The molecule has 0 saturated carbocycles. The van der Waals surface area contributed by atoms with E-state index in [-0.39, 0.29) is 28.6 Å². The van der Waals surface area contributed by atoms with Gasteiger partial charge in [-0.2, -0.15) is 13.2 Å². The zero-order valence-electron chi connectivity index (χ0n) is 20.2. The molecule has 4 atom stereocenters. The van der Waals surface area contributed by atoms with E-state index in [4.69, 9.17) is 26.8 Å². The summed E-state index contributed by atoms with van der Waals surface area (Å²) in [4.78, 5) is 21.5. The lowest BCUT2D eigenvalue weighted by atomic mass is 9.92. The maximum absolute atomic E-state index is 13.3. The van der Waals surface area contributed by atoms with Crippen LogP contribution in [0.1, 0.15) is 54.6 Å². The third-order valence-corrected chi connectivity index (χ3v) is 7.13. The molecule has 196 valence electrons. The first kappa shape index (κ1) is 26.6. The van der Waals surface area contributed by atoms with Gasteiger partial charge in [0.25, 0.3) is 0 Å². The van der Waals surface area contributed by atoms with Gasteiger partial charge in [0, 0.05) is 37.3 Å². The highest BCUT2D eigenvalue weighted by molar-refractivity contribution is 6.28. The molecule has 1 aliphatic carbocycles. The lowest BCUT2D eigenvalue weighted by Gasteiger charge is -2.20. The molecule has 3 unspecified atom stereocenters. The van der Waals surface area contributed by atoms with Crippen molar-refractivity contribution in [3.05, 3.63) is 45.9 Å². The Hall–Kier alpha value is -2.43. The molecule has 36 heavy (non-hydrogen) atoms. The number of halogens is 4. The number of carbonyl (C=O) groups is 1. The van der Waals surface area contributed by atoms with Crippen molar-refractivity contribution in [2.75, 3.05) is 31.4 Å². The number of ketones is 1. The molecule has 0 spiro atoms. The smallest absolute Gasteiger partial charge is 0.399 e. The number of nitrogens with zero attached hydrogens (tertiary/aromatic N) is 2. The molecular formula is C25H30ClF3N4O3. The Morgan fingerprint density at radius 3 is 2.75 bits per heavy atom. The number of nitrogens with one attached hydrogen (secondary N) is 1. The van der Waals surface area contributed by atoms with E-state index in [0.29, 0.717) is 50.3 Å². The summed E-state index contributed by atoms with van der Waals surface area (Å²) >= 11 is 6.16. The van der Waals surface area contributed by atoms with Crippen LogP contribution in [-0.2, 0) is 33.3 Å². The number of carbonyl (C=O) groups excluding carboxylic acids is 1. The molecule has 11 heteroatoms. The zero-order valence-corrected chi connectivity index (χ0v) is 21.0. The Morgan fingerprint density at radius 2 is 2.08 bits per heavy atom. The third-order valence-electron chi connectivity index (χ3n) is 6.96. The molecule has 1 aliphatic heterocycles. The Balaban J connectivity index is 1.44. The number of aromatic nitrogens is 2. The lowest BCUT2D eigenvalue weighted by molar-refractivity contribution is -0.137. The minimum atomic E-state index is -4.50. The second-order valence-electron chi connectivity index (χ2n) is 9.58. The van der Waals surface area contributed by atoms with Crippen molar-refractivity contribution in [2.24, 2.45) is 11.8 Å². The van der Waals surface area contributed by atoms with E-state index >= 15 is 0 Å². The number of hydrogen-bond donors (Lipinski definition) is 2. The first-order valence-corrected chi connectivity index (χ1v) is 12.4. The zero-order chi connectivity index (χ0) is 26.0. The van der Waals surface area contributed by atoms with Crippen molar-refractivity contribution in [3.8, 4) is 0 Å². The van der Waals surface area contributed by atoms with E-state index in [9.17, 15) is 18.0 Å². The van der Waals surface area contributed by atoms with Crippen molar-refractivity contribution in [1.29, 1.82) is 0 Å². The summed E-state index contributed by atoms with van der Waals surface area (Å²) in [6.07, 6.45) is -1.79. The normalized spacial score (nSPS) is 21.3. The summed E-state index contributed by atoms with van der Waals surface area (Å²) in [7, 11) is 1.56. The second-order valence-corrected chi connectivity index (χ2v) is 9.92. The largest absolute Gasteiger partial charge is 0.416 e. The van der Waals surface area contributed by atoms with Gasteiger partial charge < -0.3 is 20.5 Å². The number of ether oxygens (including phenoxy) is 2. The molecule has 0 radical (unpaired) electrons. The summed E-state index contributed by atoms with van der Waals surface area (Å²) in [6.45, 7) is 2.93. The van der Waals surface area contributed by atoms with Gasteiger partial charge in [-0.3, -0.25) is 4.79 Å². The van der Waals surface area contributed by atoms with Crippen LogP contribution in [0, 0.1) is 11.8 Å². The Labute approximate surface area is 212 Å². The number of methoxy groups -OCH3 is 1. The van der Waals surface area contributed by atoms with Crippen LogP contribution in [0.5, 0.6) is 0 Å². The van der Waals surface area contributed by atoms with Crippen LogP contribution in [0.4, 0.5) is 24.7 Å². The van der Waals surface area contributed by atoms with Crippen LogP contribution in [0.15, 0.2) is 18.2 Å². The molecule has 2 aromatic rings. The van der Waals surface area contributed by atoms with E-state index in [1.807, 2.05) is 0 Å². The predicted molar refractivity (Wildman–Crippen MR) is 130 cm³/mol. The molecule has 0 bridgehead atoms. The minimum absolute atomic E-state index is 0.0303. The van der Waals surface area contributed by atoms with Crippen LogP contribution in [-0.4, -0.2) is 42.2 Å². The van der Waals surface area contributed by atoms with Gasteiger partial charge in [0.1, 0.15) is 11.9 Å². The maximum atomic E-state index is 13.3. The number of fused-ring (bicyclic) bond motifs is 1. The van der Waals surface area contributed by atoms with Crippen LogP contribution >= 0.6 is 11.6 Å². The van der Waals surface area contributed by atoms with Crippen molar-refractivity contribution < 1.29 is 27.4 Å². The van der Waals surface area contributed by atoms with Crippen molar-refractivity contribution in [2.45, 2.75) is 57.3 Å².